The molecule has 2 aromatic carbocycles. The number of rotatable bonds is 4. The molecule has 0 saturated carbocycles. The summed E-state index contributed by atoms with van der Waals surface area (Å²) >= 11 is 5.92. The minimum Gasteiger partial charge on any atom is -0.322 e. The van der Waals surface area contributed by atoms with Gasteiger partial charge in [0.25, 0.3) is 5.91 Å². The van der Waals surface area contributed by atoms with Gasteiger partial charge in [0, 0.05) is 49.4 Å². The van der Waals surface area contributed by atoms with Gasteiger partial charge in [-0.05, 0) is 55.1 Å². The lowest BCUT2D eigenvalue weighted by Crippen LogP contribution is -2.43. The quantitative estimate of drug-likeness (QED) is 0.682. The summed E-state index contributed by atoms with van der Waals surface area (Å²) in [5, 5.41) is 4.34. The minimum absolute atomic E-state index is 0.131. The van der Waals surface area contributed by atoms with Crippen molar-refractivity contribution in [3.8, 4) is 0 Å². The summed E-state index contributed by atoms with van der Waals surface area (Å²) in [5.41, 5.74) is 3.39. The number of anilines is 1. The summed E-state index contributed by atoms with van der Waals surface area (Å²) in [6.07, 6.45) is 0. The van der Waals surface area contributed by atoms with Gasteiger partial charge in [-0.25, -0.2) is 4.98 Å². The van der Waals surface area contributed by atoms with E-state index in [0.717, 1.165) is 49.3 Å². The number of hydrogen-bond donors (Lipinski definition) is 1. The Morgan fingerprint density at radius 2 is 1.89 bits per heavy atom. The van der Waals surface area contributed by atoms with Gasteiger partial charge in [-0.3, -0.25) is 9.69 Å². The molecule has 5 nitrogen and oxygen atoms in total. The highest BCUT2D eigenvalue weighted by Gasteiger charge is 2.14. The first kappa shape index (κ1) is 18.9. The van der Waals surface area contributed by atoms with E-state index < -0.39 is 0 Å². The van der Waals surface area contributed by atoms with Crippen molar-refractivity contribution in [3.63, 3.8) is 0 Å². The smallest absolute Gasteiger partial charge is 0.255 e. The third kappa shape index (κ3) is 4.50. The summed E-state index contributed by atoms with van der Waals surface area (Å²) in [6.45, 7) is 5.24. The average molecular weight is 395 g/mol. The normalized spacial score (nSPS) is 15.6. The van der Waals surface area contributed by atoms with Gasteiger partial charge < -0.3 is 10.2 Å². The van der Waals surface area contributed by atoms with E-state index in [1.54, 1.807) is 12.1 Å². The molecular formula is C22H23ClN4O. The van der Waals surface area contributed by atoms with Crippen molar-refractivity contribution in [2.24, 2.45) is 0 Å². The van der Waals surface area contributed by atoms with Crippen molar-refractivity contribution in [2.45, 2.75) is 6.54 Å². The van der Waals surface area contributed by atoms with Crippen LogP contribution in [0.5, 0.6) is 0 Å². The number of nitrogens with zero attached hydrogens (tertiary/aromatic N) is 3. The van der Waals surface area contributed by atoms with Gasteiger partial charge in [0.2, 0.25) is 0 Å². The van der Waals surface area contributed by atoms with E-state index in [-0.39, 0.29) is 5.91 Å². The van der Waals surface area contributed by atoms with Crippen molar-refractivity contribution in [3.05, 3.63) is 70.9 Å². The van der Waals surface area contributed by atoms with E-state index in [0.29, 0.717) is 10.7 Å². The first-order chi connectivity index (χ1) is 13.6. The Balaban J connectivity index is 1.45. The number of pyridine rings is 1. The van der Waals surface area contributed by atoms with Gasteiger partial charge in [-0.15, -0.1) is 0 Å². The van der Waals surface area contributed by atoms with Crippen LogP contribution >= 0.6 is 11.6 Å². The van der Waals surface area contributed by atoms with E-state index in [1.807, 2.05) is 30.3 Å². The summed E-state index contributed by atoms with van der Waals surface area (Å²) in [6, 6.07) is 17.1. The molecule has 0 bridgehead atoms. The fraction of sp³-hybridized carbons (Fsp3) is 0.273. The Labute approximate surface area is 169 Å². The number of halogens is 1. The number of hydrogen-bond acceptors (Lipinski definition) is 4. The van der Waals surface area contributed by atoms with Gasteiger partial charge in [0.1, 0.15) is 5.15 Å². The van der Waals surface area contributed by atoms with Gasteiger partial charge in [0.15, 0.2) is 0 Å². The maximum absolute atomic E-state index is 12.7. The Kier molecular flexibility index (Phi) is 5.57. The van der Waals surface area contributed by atoms with Crippen LogP contribution in [0, 0.1) is 0 Å². The fourth-order valence-corrected chi connectivity index (χ4v) is 3.61. The standard InChI is InChI=1S/C22H23ClN4O/c1-26-9-11-27(12-10-26)15-16-3-2-4-19(13-16)24-22(28)18-5-7-20-17(14-18)6-8-21(23)25-20/h2-8,13-14H,9-12,15H2,1H3,(H,24,28). The maximum atomic E-state index is 12.7. The highest BCUT2D eigenvalue weighted by Crippen LogP contribution is 2.19. The number of benzene rings is 2. The van der Waals surface area contributed by atoms with Gasteiger partial charge in [-0.1, -0.05) is 23.7 Å². The topological polar surface area (TPSA) is 48.5 Å². The molecule has 0 unspecified atom stereocenters. The average Bonchev–Trinajstić information content (AvgIpc) is 2.69. The van der Waals surface area contributed by atoms with Crippen molar-refractivity contribution in [2.75, 3.05) is 38.5 Å². The number of carbonyl (C=O) groups is 1. The molecule has 0 radical (unpaired) electrons. The molecule has 0 aliphatic carbocycles. The number of amides is 1. The molecule has 6 heteroatoms. The molecule has 0 atom stereocenters. The van der Waals surface area contributed by atoms with Crippen LogP contribution in [-0.2, 0) is 6.54 Å². The molecule has 1 fully saturated rings. The zero-order valence-electron chi connectivity index (χ0n) is 15.9. The molecular weight excluding hydrogens is 372 g/mol. The summed E-state index contributed by atoms with van der Waals surface area (Å²) < 4.78 is 0. The maximum Gasteiger partial charge on any atom is 0.255 e. The van der Waals surface area contributed by atoms with Gasteiger partial charge in [-0.2, -0.15) is 0 Å². The largest absolute Gasteiger partial charge is 0.322 e. The second kappa shape index (κ2) is 8.27. The lowest BCUT2D eigenvalue weighted by molar-refractivity contribution is 0.102. The Morgan fingerprint density at radius 1 is 1.07 bits per heavy atom. The molecule has 28 heavy (non-hydrogen) atoms. The number of carbonyl (C=O) groups excluding carboxylic acids is 1. The highest BCUT2D eigenvalue weighted by molar-refractivity contribution is 6.29. The lowest BCUT2D eigenvalue weighted by atomic mass is 10.1. The fourth-order valence-electron chi connectivity index (χ4n) is 3.46. The number of piperazine rings is 1. The number of fused-ring (bicyclic) bond motifs is 1. The summed E-state index contributed by atoms with van der Waals surface area (Å²) in [5.74, 6) is -0.131. The molecule has 2 heterocycles. The van der Waals surface area contributed by atoms with E-state index in [9.17, 15) is 4.79 Å². The summed E-state index contributed by atoms with van der Waals surface area (Å²) in [4.78, 5) is 21.7. The molecule has 1 aliphatic rings. The Bertz CT molecular complexity index is 999. The summed E-state index contributed by atoms with van der Waals surface area (Å²) in [7, 11) is 2.16. The predicted molar refractivity (Wildman–Crippen MR) is 114 cm³/mol. The van der Waals surface area contributed by atoms with Crippen molar-refractivity contribution in [1.82, 2.24) is 14.8 Å². The van der Waals surface area contributed by atoms with Crippen molar-refractivity contribution in [1.29, 1.82) is 0 Å². The van der Waals surface area contributed by atoms with Crippen molar-refractivity contribution < 1.29 is 4.79 Å². The number of aromatic nitrogens is 1. The first-order valence-electron chi connectivity index (χ1n) is 9.44. The van der Waals surface area contributed by atoms with Crippen LogP contribution in [0.25, 0.3) is 10.9 Å². The van der Waals surface area contributed by atoms with Crippen LogP contribution in [0.1, 0.15) is 15.9 Å². The molecule has 1 amide bonds. The SMILES string of the molecule is CN1CCN(Cc2cccc(NC(=O)c3ccc4nc(Cl)ccc4c3)c2)CC1. The van der Waals surface area contributed by atoms with Crippen LogP contribution in [0.2, 0.25) is 5.15 Å². The molecule has 0 spiro atoms. The van der Waals surface area contributed by atoms with E-state index in [1.165, 1.54) is 5.56 Å². The van der Waals surface area contributed by atoms with Gasteiger partial charge in [0.05, 0.1) is 5.52 Å². The monoisotopic (exact) mass is 394 g/mol. The zero-order valence-corrected chi connectivity index (χ0v) is 16.6. The number of likely N-dealkylation sites (N-methyl/N-ethyl adjacent to an activating group) is 1. The highest BCUT2D eigenvalue weighted by atomic mass is 35.5. The van der Waals surface area contributed by atoms with E-state index >= 15 is 0 Å². The molecule has 1 N–H and O–H groups in total. The predicted octanol–water partition coefficient (Wildman–Crippen LogP) is 3.89. The second-order valence-electron chi connectivity index (χ2n) is 7.28. The van der Waals surface area contributed by atoms with E-state index in [2.05, 4.69) is 39.3 Å². The second-order valence-corrected chi connectivity index (χ2v) is 7.66. The minimum atomic E-state index is -0.131. The third-order valence-electron chi connectivity index (χ3n) is 5.10. The van der Waals surface area contributed by atoms with Gasteiger partial charge >= 0.3 is 0 Å². The van der Waals surface area contributed by atoms with Crippen LogP contribution in [-0.4, -0.2) is 53.9 Å². The molecule has 3 aromatic rings. The zero-order chi connectivity index (χ0) is 19.5. The molecule has 1 aromatic heterocycles. The van der Waals surface area contributed by atoms with E-state index in [4.69, 9.17) is 11.6 Å². The van der Waals surface area contributed by atoms with Crippen molar-refractivity contribution >= 4 is 34.1 Å². The molecule has 1 aliphatic heterocycles. The first-order valence-corrected chi connectivity index (χ1v) is 9.82. The molecule has 4 rings (SSSR count). The van der Waals surface area contributed by atoms with Crippen LogP contribution < -0.4 is 5.32 Å². The molecule has 144 valence electrons. The third-order valence-corrected chi connectivity index (χ3v) is 5.31. The van der Waals surface area contributed by atoms with Crippen LogP contribution in [0.3, 0.4) is 0 Å². The van der Waals surface area contributed by atoms with Crippen LogP contribution in [0.4, 0.5) is 5.69 Å². The van der Waals surface area contributed by atoms with Crippen LogP contribution in [0.15, 0.2) is 54.6 Å². The number of nitrogens with one attached hydrogen (secondary N) is 1. The Morgan fingerprint density at radius 3 is 2.71 bits per heavy atom. The lowest BCUT2D eigenvalue weighted by Gasteiger charge is -2.32. The molecule has 1 saturated heterocycles. The Hall–Kier alpha value is -2.47.